The van der Waals surface area contributed by atoms with Gasteiger partial charge in [-0.25, -0.2) is 12.8 Å². The summed E-state index contributed by atoms with van der Waals surface area (Å²) in [5.74, 6) is -1.83. The Labute approximate surface area is 220 Å². The van der Waals surface area contributed by atoms with E-state index in [2.05, 4.69) is 5.32 Å². The van der Waals surface area contributed by atoms with Gasteiger partial charge in [-0.2, -0.15) is 0 Å². The number of amides is 2. The molecule has 0 radical (unpaired) electrons. The van der Waals surface area contributed by atoms with Crippen molar-refractivity contribution in [1.29, 1.82) is 0 Å². The SMILES string of the molecule is CC[C@H](C(=O)NC(C)C)N(Cc1c(Cl)cccc1Cl)C(=O)CN(c1ccc(F)c(Cl)c1)S(C)(=O)=O. The fourth-order valence-electron chi connectivity index (χ4n) is 3.41. The number of carbonyl (C=O) groups is 2. The van der Waals surface area contributed by atoms with Gasteiger partial charge in [0.25, 0.3) is 0 Å². The molecule has 0 fully saturated rings. The van der Waals surface area contributed by atoms with Crippen LogP contribution in [-0.4, -0.2) is 50.0 Å². The molecule has 0 aliphatic heterocycles. The molecule has 1 atom stereocenters. The summed E-state index contributed by atoms with van der Waals surface area (Å²) in [6, 6.07) is 7.05. The molecule has 2 aromatic carbocycles. The van der Waals surface area contributed by atoms with Gasteiger partial charge < -0.3 is 10.2 Å². The van der Waals surface area contributed by atoms with Crippen LogP contribution in [0.1, 0.15) is 32.8 Å². The van der Waals surface area contributed by atoms with Crippen molar-refractivity contribution in [1.82, 2.24) is 10.2 Å². The van der Waals surface area contributed by atoms with E-state index >= 15 is 0 Å². The Kier molecular flexibility index (Phi) is 10.2. The first-order chi connectivity index (χ1) is 16.3. The number of hydrogen-bond donors (Lipinski definition) is 1. The lowest BCUT2D eigenvalue weighted by atomic mass is 10.1. The molecule has 12 heteroatoms. The number of hydrogen-bond acceptors (Lipinski definition) is 4. The van der Waals surface area contributed by atoms with E-state index in [9.17, 15) is 22.4 Å². The molecule has 2 amide bonds. The maximum atomic E-state index is 13.7. The largest absolute Gasteiger partial charge is 0.352 e. The number of anilines is 1. The normalized spacial score (nSPS) is 12.4. The number of nitrogens with one attached hydrogen (secondary N) is 1. The summed E-state index contributed by atoms with van der Waals surface area (Å²) in [7, 11) is -3.98. The van der Waals surface area contributed by atoms with Crippen LogP contribution in [-0.2, 0) is 26.2 Å². The van der Waals surface area contributed by atoms with Crippen LogP contribution in [0.4, 0.5) is 10.1 Å². The molecular formula is C23H27Cl3FN3O4S. The van der Waals surface area contributed by atoms with E-state index in [0.717, 1.165) is 22.7 Å². The standard InChI is InChI=1S/C23H27Cl3FN3O4S/c1-5-21(23(32)28-14(2)3)29(12-16-17(24)7-6-8-18(16)25)22(31)13-30(35(4,33)34)15-9-10-20(27)19(26)11-15/h6-11,14,21H,5,12-13H2,1-4H3,(H,28,32)/t21-/m1/s1. The molecule has 0 saturated carbocycles. The summed E-state index contributed by atoms with van der Waals surface area (Å²) < 4.78 is 39.6. The monoisotopic (exact) mass is 565 g/mol. The predicted molar refractivity (Wildman–Crippen MR) is 138 cm³/mol. The summed E-state index contributed by atoms with van der Waals surface area (Å²) in [6.07, 6.45) is 1.16. The van der Waals surface area contributed by atoms with E-state index in [0.29, 0.717) is 15.6 Å². The van der Waals surface area contributed by atoms with Crippen molar-refractivity contribution in [3.63, 3.8) is 0 Å². The Morgan fingerprint density at radius 2 is 1.66 bits per heavy atom. The molecule has 0 aliphatic rings. The zero-order chi connectivity index (χ0) is 26.5. The summed E-state index contributed by atoms with van der Waals surface area (Å²) in [4.78, 5) is 27.8. The molecule has 7 nitrogen and oxygen atoms in total. The second kappa shape index (κ2) is 12.3. The summed E-state index contributed by atoms with van der Waals surface area (Å²) >= 11 is 18.5. The number of carbonyl (C=O) groups excluding carboxylic acids is 2. The minimum absolute atomic E-state index is 0.00246. The highest BCUT2D eigenvalue weighted by atomic mass is 35.5. The van der Waals surface area contributed by atoms with Crippen molar-refractivity contribution >= 4 is 62.3 Å². The van der Waals surface area contributed by atoms with Crippen LogP contribution < -0.4 is 9.62 Å². The van der Waals surface area contributed by atoms with Crippen LogP contribution in [0.5, 0.6) is 0 Å². The maximum Gasteiger partial charge on any atom is 0.244 e. The third kappa shape index (κ3) is 7.70. The van der Waals surface area contributed by atoms with Gasteiger partial charge in [0.1, 0.15) is 18.4 Å². The van der Waals surface area contributed by atoms with Gasteiger partial charge in [-0.1, -0.05) is 47.8 Å². The van der Waals surface area contributed by atoms with Crippen LogP contribution in [0, 0.1) is 5.82 Å². The molecule has 0 aromatic heterocycles. The number of benzene rings is 2. The van der Waals surface area contributed by atoms with Gasteiger partial charge in [0.05, 0.1) is 17.0 Å². The lowest BCUT2D eigenvalue weighted by Gasteiger charge is -2.33. The first-order valence-electron chi connectivity index (χ1n) is 10.7. The average molecular weight is 567 g/mol. The summed E-state index contributed by atoms with van der Waals surface area (Å²) in [6.45, 7) is 4.50. The smallest absolute Gasteiger partial charge is 0.244 e. The number of halogens is 4. The minimum atomic E-state index is -3.98. The zero-order valence-corrected chi connectivity index (χ0v) is 22.8. The molecule has 35 heavy (non-hydrogen) atoms. The highest BCUT2D eigenvalue weighted by molar-refractivity contribution is 7.92. The van der Waals surface area contributed by atoms with Gasteiger partial charge in [0.2, 0.25) is 21.8 Å². The first-order valence-corrected chi connectivity index (χ1v) is 13.7. The molecule has 0 heterocycles. The van der Waals surface area contributed by atoms with E-state index in [-0.39, 0.29) is 29.7 Å². The van der Waals surface area contributed by atoms with Gasteiger partial charge in [0, 0.05) is 28.2 Å². The number of rotatable bonds is 10. The van der Waals surface area contributed by atoms with E-state index in [1.54, 1.807) is 39.0 Å². The van der Waals surface area contributed by atoms with Crippen molar-refractivity contribution in [2.45, 2.75) is 45.8 Å². The lowest BCUT2D eigenvalue weighted by molar-refractivity contribution is -0.140. The quantitative estimate of drug-likeness (QED) is 0.444. The zero-order valence-electron chi connectivity index (χ0n) is 19.7. The second-order valence-corrected chi connectivity index (χ2v) is 11.3. The Hall–Kier alpha value is -2.07. The highest BCUT2D eigenvalue weighted by Gasteiger charge is 2.33. The summed E-state index contributed by atoms with van der Waals surface area (Å²) in [5, 5.41) is 3.07. The van der Waals surface area contributed by atoms with Gasteiger partial charge in [-0.3, -0.25) is 13.9 Å². The van der Waals surface area contributed by atoms with Crippen molar-refractivity contribution in [3.8, 4) is 0 Å². The molecule has 192 valence electrons. The molecule has 0 unspecified atom stereocenters. The third-order valence-electron chi connectivity index (χ3n) is 5.08. The second-order valence-electron chi connectivity index (χ2n) is 8.18. The molecule has 2 rings (SSSR count). The van der Waals surface area contributed by atoms with Gasteiger partial charge in [-0.05, 0) is 50.6 Å². The van der Waals surface area contributed by atoms with Gasteiger partial charge >= 0.3 is 0 Å². The fraction of sp³-hybridized carbons (Fsp3) is 0.391. The van der Waals surface area contributed by atoms with E-state index in [1.165, 1.54) is 11.0 Å². The Morgan fingerprint density at radius 3 is 2.14 bits per heavy atom. The van der Waals surface area contributed by atoms with Crippen LogP contribution in [0.3, 0.4) is 0 Å². The minimum Gasteiger partial charge on any atom is -0.352 e. The molecule has 0 spiro atoms. The molecule has 0 aliphatic carbocycles. The molecule has 1 N–H and O–H groups in total. The predicted octanol–water partition coefficient (Wildman–Crippen LogP) is 4.88. The third-order valence-corrected chi connectivity index (χ3v) is 7.22. The van der Waals surface area contributed by atoms with Crippen LogP contribution in [0.2, 0.25) is 15.1 Å². The number of sulfonamides is 1. The Bertz CT molecular complexity index is 1170. The summed E-state index contributed by atoms with van der Waals surface area (Å²) in [5.41, 5.74) is 0.415. The van der Waals surface area contributed by atoms with E-state index in [4.69, 9.17) is 34.8 Å². The Balaban J connectivity index is 2.52. The molecule has 0 saturated heterocycles. The van der Waals surface area contributed by atoms with Crippen molar-refractivity contribution in [3.05, 3.63) is 62.8 Å². The Morgan fingerprint density at radius 1 is 1.06 bits per heavy atom. The molecule has 0 bridgehead atoms. The first kappa shape index (κ1) is 29.2. The van der Waals surface area contributed by atoms with Crippen LogP contribution >= 0.6 is 34.8 Å². The highest BCUT2D eigenvalue weighted by Crippen LogP contribution is 2.28. The molecule has 2 aromatic rings. The van der Waals surface area contributed by atoms with Crippen molar-refractivity contribution in [2.24, 2.45) is 0 Å². The van der Waals surface area contributed by atoms with Crippen LogP contribution in [0.25, 0.3) is 0 Å². The fourth-order valence-corrected chi connectivity index (χ4v) is 4.94. The van der Waals surface area contributed by atoms with Crippen LogP contribution in [0.15, 0.2) is 36.4 Å². The lowest BCUT2D eigenvalue weighted by Crippen LogP contribution is -2.53. The van der Waals surface area contributed by atoms with E-state index < -0.39 is 40.2 Å². The van der Waals surface area contributed by atoms with Crippen molar-refractivity contribution in [2.75, 3.05) is 17.1 Å². The number of nitrogens with zero attached hydrogens (tertiary/aromatic N) is 2. The molecular weight excluding hydrogens is 540 g/mol. The topological polar surface area (TPSA) is 86.8 Å². The maximum absolute atomic E-state index is 13.7. The van der Waals surface area contributed by atoms with Crippen molar-refractivity contribution < 1.29 is 22.4 Å². The van der Waals surface area contributed by atoms with Gasteiger partial charge in [-0.15, -0.1) is 0 Å². The van der Waals surface area contributed by atoms with Gasteiger partial charge in [0.15, 0.2) is 0 Å². The van der Waals surface area contributed by atoms with E-state index in [1.807, 2.05) is 0 Å². The average Bonchev–Trinajstić information content (AvgIpc) is 2.74.